The van der Waals surface area contributed by atoms with Gasteiger partial charge in [-0.3, -0.25) is 14.3 Å². The van der Waals surface area contributed by atoms with E-state index in [9.17, 15) is 9.59 Å². The van der Waals surface area contributed by atoms with Crippen LogP contribution in [0, 0.1) is 6.92 Å². The van der Waals surface area contributed by atoms with Gasteiger partial charge in [-0.2, -0.15) is 5.10 Å². The summed E-state index contributed by atoms with van der Waals surface area (Å²) in [6.07, 6.45) is -0.183. The maximum absolute atomic E-state index is 11.7. The lowest BCUT2D eigenvalue weighted by atomic mass is 9.97. The lowest BCUT2D eigenvalue weighted by molar-refractivity contribution is -0.138. The van der Waals surface area contributed by atoms with Crippen molar-refractivity contribution in [3.05, 3.63) is 11.4 Å². The van der Waals surface area contributed by atoms with Gasteiger partial charge in [0.1, 0.15) is 0 Å². The molecule has 0 unspecified atom stereocenters. The SMILES string of the molecule is Cc1nn(C)c(C2CNC2)c1NC(=O)CCC(=O)O. The van der Waals surface area contributed by atoms with E-state index in [2.05, 4.69) is 15.7 Å². The van der Waals surface area contributed by atoms with Gasteiger partial charge >= 0.3 is 5.97 Å². The summed E-state index contributed by atoms with van der Waals surface area (Å²) in [5.41, 5.74) is 2.48. The number of nitrogens with zero attached hydrogens (tertiary/aromatic N) is 2. The summed E-state index contributed by atoms with van der Waals surface area (Å²) < 4.78 is 1.79. The van der Waals surface area contributed by atoms with Crippen molar-refractivity contribution in [2.45, 2.75) is 25.7 Å². The first-order chi connectivity index (χ1) is 8.99. The molecular formula is C12H18N4O3. The van der Waals surface area contributed by atoms with Crippen molar-refractivity contribution >= 4 is 17.6 Å². The minimum Gasteiger partial charge on any atom is -0.481 e. The highest BCUT2D eigenvalue weighted by molar-refractivity contribution is 5.93. The maximum Gasteiger partial charge on any atom is 0.303 e. The molecule has 1 aromatic heterocycles. The Kier molecular flexibility index (Phi) is 3.84. The van der Waals surface area contributed by atoms with Crippen LogP contribution in [0.25, 0.3) is 0 Å². The number of carbonyl (C=O) groups is 2. The van der Waals surface area contributed by atoms with Gasteiger partial charge in [0, 0.05) is 32.5 Å². The van der Waals surface area contributed by atoms with E-state index in [0.29, 0.717) is 5.92 Å². The zero-order valence-corrected chi connectivity index (χ0v) is 11.1. The van der Waals surface area contributed by atoms with Crippen LogP contribution in [0.1, 0.15) is 30.1 Å². The predicted molar refractivity (Wildman–Crippen MR) is 69.1 cm³/mol. The second-order valence-corrected chi connectivity index (χ2v) is 4.77. The number of aromatic nitrogens is 2. The van der Waals surface area contributed by atoms with E-state index in [0.717, 1.165) is 30.2 Å². The van der Waals surface area contributed by atoms with Crippen molar-refractivity contribution in [1.29, 1.82) is 0 Å². The molecule has 1 aliphatic heterocycles. The van der Waals surface area contributed by atoms with E-state index in [-0.39, 0.29) is 18.7 Å². The number of carboxylic acids is 1. The number of aryl methyl sites for hydroxylation is 2. The zero-order valence-electron chi connectivity index (χ0n) is 11.1. The quantitative estimate of drug-likeness (QED) is 0.708. The minimum atomic E-state index is -0.971. The molecule has 7 heteroatoms. The van der Waals surface area contributed by atoms with Gasteiger partial charge in [0.25, 0.3) is 0 Å². The number of anilines is 1. The highest BCUT2D eigenvalue weighted by Crippen LogP contribution is 2.29. The molecule has 1 fully saturated rings. The topological polar surface area (TPSA) is 96.3 Å². The molecule has 0 bridgehead atoms. The average molecular weight is 266 g/mol. The summed E-state index contributed by atoms with van der Waals surface area (Å²) in [5, 5.41) is 18.9. The van der Waals surface area contributed by atoms with E-state index < -0.39 is 5.97 Å². The van der Waals surface area contributed by atoms with E-state index in [1.165, 1.54) is 0 Å². The predicted octanol–water partition coefficient (Wildman–Crippen LogP) is 0.219. The number of carboxylic acid groups (broad SMARTS) is 1. The first-order valence-electron chi connectivity index (χ1n) is 6.25. The third-order valence-electron chi connectivity index (χ3n) is 3.27. The van der Waals surface area contributed by atoms with E-state index in [1.807, 2.05) is 14.0 Å². The van der Waals surface area contributed by atoms with Crippen LogP contribution in [0.5, 0.6) is 0 Å². The Morgan fingerprint density at radius 1 is 1.47 bits per heavy atom. The number of aliphatic carboxylic acids is 1. The Morgan fingerprint density at radius 2 is 2.16 bits per heavy atom. The number of nitrogens with one attached hydrogen (secondary N) is 2. The minimum absolute atomic E-state index is 0.0218. The number of carbonyl (C=O) groups excluding carboxylic acids is 1. The highest BCUT2D eigenvalue weighted by atomic mass is 16.4. The molecule has 0 aliphatic carbocycles. The van der Waals surface area contributed by atoms with E-state index in [1.54, 1.807) is 4.68 Å². The summed E-state index contributed by atoms with van der Waals surface area (Å²) in [6.45, 7) is 3.58. The third kappa shape index (κ3) is 2.93. The van der Waals surface area contributed by atoms with Crippen molar-refractivity contribution < 1.29 is 14.7 Å². The second kappa shape index (κ2) is 5.40. The molecule has 1 aromatic rings. The Labute approximate surface area is 111 Å². The number of amides is 1. The first kappa shape index (κ1) is 13.5. The maximum atomic E-state index is 11.7. The molecule has 104 valence electrons. The Balaban J connectivity index is 2.10. The molecule has 1 aliphatic rings. The molecule has 0 atom stereocenters. The fourth-order valence-electron chi connectivity index (χ4n) is 2.20. The molecule has 19 heavy (non-hydrogen) atoms. The van der Waals surface area contributed by atoms with E-state index in [4.69, 9.17) is 5.11 Å². The Bertz CT molecular complexity index is 505. The van der Waals surface area contributed by atoms with Crippen LogP contribution < -0.4 is 10.6 Å². The molecular weight excluding hydrogens is 248 g/mol. The van der Waals surface area contributed by atoms with Crippen LogP contribution in [-0.4, -0.2) is 39.9 Å². The van der Waals surface area contributed by atoms with Gasteiger partial charge in [0.05, 0.1) is 23.5 Å². The van der Waals surface area contributed by atoms with Gasteiger partial charge in [-0.15, -0.1) is 0 Å². The largest absolute Gasteiger partial charge is 0.481 e. The van der Waals surface area contributed by atoms with Gasteiger partial charge in [0.15, 0.2) is 0 Å². The highest BCUT2D eigenvalue weighted by Gasteiger charge is 2.27. The summed E-state index contributed by atoms with van der Waals surface area (Å²) in [6, 6.07) is 0. The summed E-state index contributed by atoms with van der Waals surface area (Å²) in [4.78, 5) is 22.2. The van der Waals surface area contributed by atoms with Gasteiger partial charge in [-0.05, 0) is 6.92 Å². The molecule has 1 amide bonds. The molecule has 7 nitrogen and oxygen atoms in total. The van der Waals surface area contributed by atoms with Crippen LogP contribution >= 0.6 is 0 Å². The van der Waals surface area contributed by atoms with Crippen molar-refractivity contribution in [2.24, 2.45) is 7.05 Å². The van der Waals surface area contributed by atoms with Crippen LogP contribution in [0.15, 0.2) is 0 Å². The molecule has 0 saturated carbocycles. The lowest BCUT2D eigenvalue weighted by Gasteiger charge is -2.28. The van der Waals surface area contributed by atoms with E-state index >= 15 is 0 Å². The smallest absolute Gasteiger partial charge is 0.303 e. The molecule has 0 spiro atoms. The standard InChI is InChI=1S/C12H18N4O3/c1-7-11(14-9(17)3-4-10(18)19)12(16(2)15-7)8-5-13-6-8/h8,13H,3-6H2,1-2H3,(H,14,17)(H,18,19). The third-order valence-corrected chi connectivity index (χ3v) is 3.27. The van der Waals surface area contributed by atoms with Gasteiger partial charge in [-0.1, -0.05) is 0 Å². The van der Waals surface area contributed by atoms with Crippen LogP contribution in [0.4, 0.5) is 5.69 Å². The number of rotatable bonds is 5. The fourth-order valence-corrected chi connectivity index (χ4v) is 2.20. The Morgan fingerprint density at radius 3 is 2.68 bits per heavy atom. The molecule has 1 saturated heterocycles. The van der Waals surface area contributed by atoms with Crippen LogP contribution in [0.3, 0.4) is 0 Å². The second-order valence-electron chi connectivity index (χ2n) is 4.77. The van der Waals surface area contributed by atoms with Crippen molar-refractivity contribution in [3.8, 4) is 0 Å². The Hall–Kier alpha value is -1.89. The lowest BCUT2D eigenvalue weighted by Crippen LogP contribution is -2.41. The molecule has 2 heterocycles. The fraction of sp³-hybridized carbons (Fsp3) is 0.583. The van der Waals surface area contributed by atoms with Crippen molar-refractivity contribution in [3.63, 3.8) is 0 Å². The summed E-state index contributed by atoms with van der Waals surface area (Å²) in [7, 11) is 1.85. The normalized spacial score (nSPS) is 15.1. The first-order valence-corrected chi connectivity index (χ1v) is 6.25. The van der Waals surface area contributed by atoms with Crippen LogP contribution in [-0.2, 0) is 16.6 Å². The molecule has 0 radical (unpaired) electrons. The van der Waals surface area contributed by atoms with Gasteiger partial charge in [0.2, 0.25) is 5.91 Å². The van der Waals surface area contributed by atoms with Gasteiger partial charge in [-0.25, -0.2) is 0 Å². The average Bonchev–Trinajstić information content (AvgIpc) is 2.51. The van der Waals surface area contributed by atoms with Gasteiger partial charge < -0.3 is 15.7 Å². The number of hydrogen-bond donors (Lipinski definition) is 3. The van der Waals surface area contributed by atoms with Crippen LogP contribution in [0.2, 0.25) is 0 Å². The van der Waals surface area contributed by atoms with Crippen molar-refractivity contribution in [1.82, 2.24) is 15.1 Å². The molecule has 0 aromatic carbocycles. The molecule has 2 rings (SSSR count). The monoisotopic (exact) mass is 266 g/mol. The summed E-state index contributed by atoms with van der Waals surface area (Å²) >= 11 is 0. The number of hydrogen-bond acceptors (Lipinski definition) is 4. The van der Waals surface area contributed by atoms with Crippen molar-refractivity contribution in [2.75, 3.05) is 18.4 Å². The molecule has 3 N–H and O–H groups in total. The zero-order chi connectivity index (χ0) is 14.0. The summed E-state index contributed by atoms with van der Waals surface area (Å²) in [5.74, 6) is -0.908.